The van der Waals surface area contributed by atoms with Crippen LogP contribution in [0.2, 0.25) is 5.02 Å². The minimum atomic E-state index is -0.514. The molecule has 1 aliphatic rings. The summed E-state index contributed by atoms with van der Waals surface area (Å²) in [6.07, 6.45) is 4.85. The molecule has 2 rings (SSSR count). The second-order valence-electron chi connectivity index (χ2n) is 5.29. The summed E-state index contributed by atoms with van der Waals surface area (Å²) in [5.41, 5.74) is 0. The largest absolute Gasteiger partial charge is 0.481 e. The molecular formula is C16H22ClNO2S. The van der Waals surface area contributed by atoms with E-state index in [1.165, 1.54) is 25.7 Å². The van der Waals surface area contributed by atoms with Crippen molar-refractivity contribution in [2.45, 2.75) is 44.0 Å². The van der Waals surface area contributed by atoms with E-state index in [4.69, 9.17) is 16.3 Å². The zero-order valence-corrected chi connectivity index (χ0v) is 13.9. The Kier molecular flexibility index (Phi) is 6.71. The van der Waals surface area contributed by atoms with Gasteiger partial charge in [-0.15, -0.1) is 0 Å². The van der Waals surface area contributed by atoms with Crippen LogP contribution in [0.4, 0.5) is 0 Å². The summed E-state index contributed by atoms with van der Waals surface area (Å²) < 4.78 is 5.58. The first-order valence-electron chi connectivity index (χ1n) is 7.46. The number of halogens is 1. The quantitative estimate of drug-likeness (QED) is 0.772. The monoisotopic (exact) mass is 327 g/mol. The molecular weight excluding hydrogens is 306 g/mol. The molecule has 0 unspecified atom stereocenters. The van der Waals surface area contributed by atoms with Gasteiger partial charge in [0.1, 0.15) is 5.75 Å². The van der Waals surface area contributed by atoms with Gasteiger partial charge in [0.25, 0.3) is 5.91 Å². The number of ether oxygens (including phenoxy) is 1. The standard InChI is InChI=1S/C16H22ClNO2S/c1-12(20-14-6-4-5-13(17)11-14)16(19)18-9-10-21-15-7-2-3-8-15/h4-6,11-12,15H,2-3,7-10H2,1H3,(H,18,19)/t12-/m1/s1. The Labute approximate surface area is 135 Å². The third kappa shape index (κ3) is 5.79. The predicted octanol–water partition coefficient (Wildman–Crippen LogP) is 3.90. The Morgan fingerprint density at radius 2 is 2.24 bits per heavy atom. The molecule has 5 heteroatoms. The molecule has 1 aliphatic carbocycles. The van der Waals surface area contributed by atoms with E-state index < -0.39 is 6.10 Å². The summed E-state index contributed by atoms with van der Waals surface area (Å²) >= 11 is 7.86. The average molecular weight is 328 g/mol. The van der Waals surface area contributed by atoms with Crippen molar-refractivity contribution in [3.63, 3.8) is 0 Å². The SMILES string of the molecule is C[C@@H](Oc1cccc(Cl)c1)C(=O)NCCSC1CCCC1. The number of nitrogens with one attached hydrogen (secondary N) is 1. The van der Waals surface area contributed by atoms with E-state index in [9.17, 15) is 4.79 Å². The Hall–Kier alpha value is -0.870. The van der Waals surface area contributed by atoms with Crippen LogP contribution in [0.15, 0.2) is 24.3 Å². The Morgan fingerprint density at radius 3 is 2.95 bits per heavy atom. The van der Waals surface area contributed by atoms with Gasteiger partial charge < -0.3 is 10.1 Å². The normalized spacial score (nSPS) is 16.7. The summed E-state index contributed by atoms with van der Waals surface area (Å²) in [5.74, 6) is 1.51. The van der Waals surface area contributed by atoms with Crippen LogP contribution in [0, 0.1) is 0 Å². The van der Waals surface area contributed by atoms with Crippen molar-refractivity contribution in [1.29, 1.82) is 0 Å². The van der Waals surface area contributed by atoms with E-state index in [1.54, 1.807) is 31.2 Å². The lowest BCUT2D eigenvalue weighted by Crippen LogP contribution is -2.37. The molecule has 0 radical (unpaired) electrons. The van der Waals surface area contributed by atoms with Crippen molar-refractivity contribution in [1.82, 2.24) is 5.32 Å². The zero-order valence-electron chi connectivity index (χ0n) is 12.3. The van der Waals surface area contributed by atoms with Crippen molar-refractivity contribution in [2.75, 3.05) is 12.3 Å². The molecule has 0 saturated heterocycles. The van der Waals surface area contributed by atoms with Gasteiger partial charge in [0.15, 0.2) is 6.10 Å². The lowest BCUT2D eigenvalue weighted by Gasteiger charge is -2.15. The molecule has 21 heavy (non-hydrogen) atoms. The lowest BCUT2D eigenvalue weighted by molar-refractivity contribution is -0.127. The van der Waals surface area contributed by atoms with E-state index in [0.717, 1.165) is 11.0 Å². The molecule has 1 N–H and O–H groups in total. The first-order chi connectivity index (χ1) is 10.1. The van der Waals surface area contributed by atoms with Crippen LogP contribution >= 0.6 is 23.4 Å². The summed E-state index contributed by atoms with van der Waals surface area (Å²) in [7, 11) is 0. The van der Waals surface area contributed by atoms with Gasteiger partial charge in [0.2, 0.25) is 0 Å². The molecule has 0 bridgehead atoms. The third-order valence-corrected chi connectivity index (χ3v) is 5.15. The van der Waals surface area contributed by atoms with Gasteiger partial charge in [-0.3, -0.25) is 4.79 Å². The second-order valence-corrected chi connectivity index (χ2v) is 7.13. The van der Waals surface area contributed by atoms with Crippen molar-refractivity contribution >= 4 is 29.3 Å². The maximum Gasteiger partial charge on any atom is 0.260 e. The smallest absolute Gasteiger partial charge is 0.260 e. The van der Waals surface area contributed by atoms with Gasteiger partial charge >= 0.3 is 0 Å². The number of hydrogen-bond acceptors (Lipinski definition) is 3. The number of thioether (sulfide) groups is 1. The minimum Gasteiger partial charge on any atom is -0.481 e. The summed E-state index contributed by atoms with van der Waals surface area (Å²) in [4.78, 5) is 12.0. The van der Waals surface area contributed by atoms with E-state index >= 15 is 0 Å². The fourth-order valence-electron chi connectivity index (χ4n) is 2.40. The summed E-state index contributed by atoms with van der Waals surface area (Å²) in [6.45, 7) is 2.45. The van der Waals surface area contributed by atoms with Crippen LogP contribution in [0.5, 0.6) is 5.75 Å². The Morgan fingerprint density at radius 1 is 1.48 bits per heavy atom. The number of benzene rings is 1. The Bertz CT molecular complexity index is 463. The lowest BCUT2D eigenvalue weighted by atomic mass is 10.3. The van der Waals surface area contributed by atoms with E-state index in [2.05, 4.69) is 5.32 Å². The molecule has 1 saturated carbocycles. The molecule has 1 amide bonds. The molecule has 1 atom stereocenters. The number of amides is 1. The highest BCUT2D eigenvalue weighted by Gasteiger charge is 2.16. The van der Waals surface area contributed by atoms with Crippen molar-refractivity contribution < 1.29 is 9.53 Å². The van der Waals surface area contributed by atoms with Gasteiger partial charge in [-0.1, -0.05) is 30.5 Å². The average Bonchev–Trinajstić information content (AvgIpc) is 2.96. The highest BCUT2D eigenvalue weighted by atomic mass is 35.5. The Balaban J connectivity index is 1.65. The highest BCUT2D eigenvalue weighted by molar-refractivity contribution is 7.99. The molecule has 1 fully saturated rings. The van der Waals surface area contributed by atoms with Gasteiger partial charge in [-0.2, -0.15) is 11.8 Å². The van der Waals surface area contributed by atoms with E-state index in [1.807, 2.05) is 11.8 Å². The molecule has 1 aromatic carbocycles. The topological polar surface area (TPSA) is 38.3 Å². The highest BCUT2D eigenvalue weighted by Crippen LogP contribution is 2.28. The molecule has 1 aromatic rings. The van der Waals surface area contributed by atoms with E-state index in [0.29, 0.717) is 17.3 Å². The van der Waals surface area contributed by atoms with Gasteiger partial charge in [0.05, 0.1) is 0 Å². The van der Waals surface area contributed by atoms with Crippen LogP contribution in [0.25, 0.3) is 0 Å². The maximum atomic E-state index is 12.0. The van der Waals surface area contributed by atoms with E-state index in [-0.39, 0.29) is 5.91 Å². The first kappa shape index (κ1) is 16.5. The predicted molar refractivity (Wildman–Crippen MR) is 89.3 cm³/mol. The van der Waals surface area contributed by atoms with Crippen LogP contribution in [-0.4, -0.2) is 29.6 Å². The number of hydrogen-bond donors (Lipinski definition) is 1. The van der Waals surface area contributed by atoms with Crippen LogP contribution < -0.4 is 10.1 Å². The number of carbonyl (C=O) groups is 1. The molecule has 0 aliphatic heterocycles. The number of rotatable bonds is 7. The van der Waals surface area contributed by atoms with Crippen molar-refractivity contribution in [3.8, 4) is 5.75 Å². The molecule has 0 spiro atoms. The molecule has 3 nitrogen and oxygen atoms in total. The van der Waals surface area contributed by atoms with Crippen molar-refractivity contribution in [2.24, 2.45) is 0 Å². The molecule has 0 heterocycles. The molecule has 0 aromatic heterocycles. The maximum absolute atomic E-state index is 12.0. The minimum absolute atomic E-state index is 0.0815. The molecule has 116 valence electrons. The van der Waals surface area contributed by atoms with Crippen LogP contribution in [0.3, 0.4) is 0 Å². The second kappa shape index (κ2) is 8.54. The fraction of sp³-hybridized carbons (Fsp3) is 0.562. The first-order valence-corrected chi connectivity index (χ1v) is 8.89. The zero-order chi connectivity index (χ0) is 15.1. The third-order valence-electron chi connectivity index (χ3n) is 3.54. The fourth-order valence-corrected chi connectivity index (χ4v) is 3.80. The summed E-state index contributed by atoms with van der Waals surface area (Å²) in [6, 6.07) is 7.09. The van der Waals surface area contributed by atoms with Crippen LogP contribution in [-0.2, 0) is 4.79 Å². The number of carbonyl (C=O) groups excluding carboxylic acids is 1. The van der Waals surface area contributed by atoms with Gasteiger partial charge in [-0.05, 0) is 38.0 Å². The van der Waals surface area contributed by atoms with Crippen LogP contribution in [0.1, 0.15) is 32.6 Å². The summed E-state index contributed by atoms with van der Waals surface area (Å²) in [5, 5.41) is 4.32. The van der Waals surface area contributed by atoms with Crippen molar-refractivity contribution in [3.05, 3.63) is 29.3 Å². The van der Waals surface area contributed by atoms with Gasteiger partial charge in [-0.25, -0.2) is 0 Å². The van der Waals surface area contributed by atoms with Gasteiger partial charge in [0, 0.05) is 22.6 Å².